The lowest BCUT2D eigenvalue weighted by molar-refractivity contribution is 0.102. The third kappa shape index (κ3) is 4.82. The molecule has 0 bridgehead atoms. The number of nitrogens with zero attached hydrogens (tertiary/aromatic N) is 1. The van der Waals surface area contributed by atoms with Crippen LogP contribution in [0, 0.1) is 5.82 Å². The van der Waals surface area contributed by atoms with Crippen LogP contribution in [-0.4, -0.2) is 31.2 Å². The van der Waals surface area contributed by atoms with E-state index in [0.717, 1.165) is 6.42 Å². The van der Waals surface area contributed by atoms with Crippen LogP contribution in [0.4, 0.5) is 15.9 Å². The molecule has 116 valence electrons. The normalized spacial score (nSPS) is 10.3. The summed E-state index contributed by atoms with van der Waals surface area (Å²) in [6.45, 7) is 1.38. The summed E-state index contributed by atoms with van der Waals surface area (Å²) in [5.41, 5.74) is 1.02. The number of nitrogens with one attached hydrogen (secondary N) is 2. The predicted molar refractivity (Wildman–Crippen MR) is 83.6 cm³/mol. The van der Waals surface area contributed by atoms with Crippen LogP contribution in [0.3, 0.4) is 0 Å². The van der Waals surface area contributed by atoms with Crippen LogP contribution in [0.15, 0.2) is 42.6 Å². The van der Waals surface area contributed by atoms with Crippen molar-refractivity contribution in [2.24, 2.45) is 0 Å². The molecule has 0 saturated heterocycles. The van der Waals surface area contributed by atoms with E-state index in [4.69, 9.17) is 4.74 Å². The molecule has 0 unspecified atom stereocenters. The number of methoxy groups -OCH3 is 1. The topological polar surface area (TPSA) is 63.2 Å². The molecule has 0 aliphatic carbocycles. The molecule has 6 heteroatoms. The van der Waals surface area contributed by atoms with E-state index in [9.17, 15) is 9.18 Å². The molecule has 1 amide bonds. The summed E-state index contributed by atoms with van der Waals surface area (Å²) in [5, 5.41) is 5.83. The van der Waals surface area contributed by atoms with Crippen molar-refractivity contribution in [3.05, 3.63) is 54.0 Å². The first-order valence-electron chi connectivity index (χ1n) is 6.95. The minimum Gasteiger partial charge on any atom is -0.385 e. The van der Waals surface area contributed by atoms with Gasteiger partial charge >= 0.3 is 0 Å². The van der Waals surface area contributed by atoms with Crippen molar-refractivity contribution in [1.29, 1.82) is 0 Å². The van der Waals surface area contributed by atoms with E-state index in [1.165, 1.54) is 24.3 Å². The van der Waals surface area contributed by atoms with Gasteiger partial charge in [0, 0.05) is 37.7 Å². The van der Waals surface area contributed by atoms with Gasteiger partial charge in [-0.25, -0.2) is 9.37 Å². The van der Waals surface area contributed by atoms with E-state index in [0.29, 0.717) is 30.2 Å². The van der Waals surface area contributed by atoms with Crippen molar-refractivity contribution in [3.8, 4) is 0 Å². The molecule has 2 aromatic rings. The smallest absolute Gasteiger partial charge is 0.255 e. The molecule has 0 fully saturated rings. The van der Waals surface area contributed by atoms with E-state index >= 15 is 0 Å². The van der Waals surface area contributed by atoms with Crippen molar-refractivity contribution in [1.82, 2.24) is 4.98 Å². The molecule has 0 aliphatic rings. The molecule has 5 nitrogen and oxygen atoms in total. The Bertz CT molecular complexity index is 617. The van der Waals surface area contributed by atoms with Gasteiger partial charge < -0.3 is 15.4 Å². The van der Waals surface area contributed by atoms with E-state index in [1.807, 2.05) is 0 Å². The number of rotatable bonds is 7. The van der Waals surface area contributed by atoms with Crippen LogP contribution in [0.5, 0.6) is 0 Å². The maximum absolute atomic E-state index is 12.8. The molecule has 0 aliphatic heterocycles. The maximum atomic E-state index is 12.8. The molecule has 0 atom stereocenters. The van der Waals surface area contributed by atoms with E-state index in [1.54, 1.807) is 25.4 Å². The highest BCUT2D eigenvalue weighted by atomic mass is 19.1. The zero-order valence-corrected chi connectivity index (χ0v) is 12.3. The van der Waals surface area contributed by atoms with Crippen LogP contribution >= 0.6 is 0 Å². The molecule has 1 aromatic heterocycles. The van der Waals surface area contributed by atoms with Crippen molar-refractivity contribution >= 4 is 17.4 Å². The molecular weight excluding hydrogens is 285 g/mol. The molecule has 1 heterocycles. The van der Waals surface area contributed by atoms with Gasteiger partial charge in [0.2, 0.25) is 0 Å². The van der Waals surface area contributed by atoms with Gasteiger partial charge in [0.05, 0.1) is 0 Å². The largest absolute Gasteiger partial charge is 0.385 e. The van der Waals surface area contributed by atoms with Crippen LogP contribution in [0.2, 0.25) is 0 Å². The maximum Gasteiger partial charge on any atom is 0.255 e. The van der Waals surface area contributed by atoms with Crippen molar-refractivity contribution < 1.29 is 13.9 Å². The predicted octanol–water partition coefficient (Wildman–Crippen LogP) is 2.92. The molecule has 0 radical (unpaired) electrons. The molecule has 2 rings (SSSR count). The summed E-state index contributed by atoms with van der Waals surface area (Å²) in [7, 11) is 1.65. The number of carbonyl (C=O) groups excluding carboxylic acids is 1. The standard InChI is InChI=1S/C16H18FN3O2/c1-22-10-2-8-18-15-11-12(7-9-19-15)16(21)20-14-5-3-13(17)4-6-14/h3-7,9,11H,2,8,10H2,1H3,(H,18,19)(H,20,21). The fourth-order valence-corrected chi connectivity index (χ4v) is 1.84. The Hall–Kier alpha value is -2.47. The average molecular weight is 303 g/mol. The van der Waals surface area contributed by atoms with E-state index in [-0.39, 0.29) is 11.7 Å². The Morgan fingerprint density at radius 2 is 2.05 bits per heavy atom. The number of anilines is 2. The second kappa shape index (κ2) is 8.09. The summed E-state index contributed by atoms with van der Waals surface area (Å²) >= 11 is 0. The number of carbonyl (C=O) groups is 1. The monoisotopic (exact) mass is 303 g/mol. The van der Waals surface area contributed by atoms with Gasteiger partial charge in [-0.3, -0.25) is 4.79 Å². The minimum atomic E-state index is -0.343. The fourth-order valence-electron chi connectivity index (χ4n) is 1.84. The average Bonchev–Trinajstić information content (AvgIpc) is 2.54. The number of hydrogen-bond acceptors (Lipinski definition) is 4. The highest BCUT2D eigenvalue weighted by Crippen LogP contribution is 2.12. The summed E-state index contributed by atoms with van der Waals surface area (Å²) in [6, 6.07) is 8.91. The van der Waals surface area contributed by atoms with Crippen molar-refractivity contribution in [3.63, 3.8) is 0 Å². The van der Waals surface area contributed by atoms with Gasteiger partial charge in [-0.1, -0.05) is 0 Å². The van der Waals surface area contributed by atoms with Gasteiger partial charge in [0.25, 0.3) is 5.91 Å². The van der Waals surface area contributed by atoms with Gasteiger partial charge in [-0.05, 0) is 42.8 Å². The SMILES string of the molecule is COCCCNc1cc(C(=O)Nc2ccc(F)cc2)ccn1. The van der Waals surface area contributed by atoms with Crippen LogP contribution in [0.1, 0.15) is 16.8 Å². The summed E-state index contributed by atoms with van der Waals surface area (Å²) in [5.74, 6) is 0.0151. The number of benzene rings is 1. The highest BCUT2D eigenvalue weighted by molar-refractivity contribution is 6.04. The molecular formula is C16H18FN3O2. The third-order valence-electron chi connectivity index (χ3n) is 2.96. The number of ether oxygens (including phenoxy) is 1. The van der Waals surface area contributed by atoms with Crippen LogP contribution in [-0.2, 0) is 4.74 Å². The Balaban J connectivity index is 1.96. The second-order valence-electron chi connectivity index (χ2n) is 4.66. The summed E-state index contributed by atoms with van der Waals surface area (Å²) in [6.07, 6.45) is 2.42. The number of amides is 1. The third-order valence-corrected chi connectivity index (χ3v) is 2.96. The first kappa shape index (κ1) is 15.9. The Morgan fingerprint density at radius 3 is 2.77 bits per heavy atom. The van der Waals surface area contributed by atoms with Gasteiger partial charge in [-0.15, -0.1) is 0 Å². The molecule has 2 N–H and O–H groups in total. The van der Waals surface area contributed by atoms with Crippen LogP contribution in [0.25, 0.3) is 0 Å². The van der Waals surface area contributed by atoms with E-state index < -0.39 is 0 Å². The van der Waals surface area contributed by atoms with Gasteiger partial charge in [0.15, 0.2) is 0 Å². The van der Waals surface area contributed by atoms with Gasteiger partial charge in [-0.2, -0.15) is 0 Å². The van der Waals surface area contributed by atoms with Crippen molar-refractivity contribution in [2.45, 2.75) is 6.42 Å². The lowest BCUT2D eigenvalue weighted by Gasteiger charge is -2.08. The summed E-state index contributed by atoms with van der Waals surface area (Å²) in [4.78, 5) is 16.3. The quantitative estimate of drug-likeness (QED) is 0.772. The second-order valence-corrected chi connectivity index (χ2v) is 4.66. The van der Waals surface area contributed by atoms with Crippen molar-refractivity contribution in [2.75, 3.05) is 30.9 Å². The number of halogens is 1. The first-order valence-corrected chi connectivity index (χ1v) is 6.95. The lowest BCUT2D eigenvalue weighted by atomic mass is 10.2. The number of pyridine rings is 1. The Kier molecular flexibility index (Phi) is 5.85. The molecule has 22 heavy (non-hydrogen) atoms. The first-order chi connectivity index (χ1) is 10.7. The Labute approximate surface area is 128 Å². The molecule has 0 saturated carbocycles. The zero-order chi connectivity index (χ0) is 15.8. The number of hydrogen-bond donors (Lipinski definition) is 2. The fraction of sp³-hybridized carbons (Fsp3) is 0.250. The van der Waals surface area contributed by atoms with Gasteiger partial charge in [0.1, 0.15) is 11.6 Å². The zero-order valence-electron chi connectivity index (χ0n) is 12.3. The number of aromatic nitrogens is 1. The minimum absolute atomic E-state index is 0.269. The summed E-state index contributed by atoms with van der Waals surface area (Å²) < 4.78 is 17.8. The van der Waals surface area contributed by atoms with Crippen LogP contribution < -0.4 is 10.6 Å². The molecule has 1 aromatic carbocycles. The highest BCUT2D eigenvalue weighted by Gasteiger charge is 2.07. The molecule has 0 spiro atoms. The lowest BCUT2D eigenvalue weighted by Crippen LogP contribution is -2.13. The van der Waals surface area contributed by atoms with E-state index in [2.05, 4.69) is 15.6 Å². The Morgan fingerprint density at radius 1 is 1.27 bits per heavy atom.